The molecule has 0 aliphatic carbocycles. The maximum Gasteiger partial charge on any atom is 0.246 e. The molecule has 1 saturated heterocycles. The molecule has 5 heteroatoms. The van der Waals surface area contributed by atoms with Crippen LogP contribution in [0.3, 0.4) is 0 Å². The topological polar surface area (TPSA) is 51.9 Å². The van der Waals surface area contributed by atoms with Crippen LogP contribution in [0.5, 0.6) is 11.5 Å². The van der Waals surface area contributed by atoms with E-state index in [2.05, 4.69) is 0 Å². The van der Waals surface area contributed by atoms with E-state index in [9.17, 15) is 4.79 Å². The van der Waals surface area contributed by atoms with E-state index < -0.39 is 0 Å². The summed E-state index contributed by atoms with van der Waals surface area (Å²) in [5.41, 5.74) is 4.49. The number of piperidine rings is 1. The van der Waals surface area contributed by atoms with Crippen molar-refractivity contribution in [3.63, 3.8) is 0 Å². The van der Waals surface area contributed by atoms with Crippen LogP contribution in [0, 0.1) is 0 Å². The molecule has 1 aliphatic heterocycles. The van der Waals surface area contributed by atoms with Crippen LogP contribution < -0.4 is 9.47 Å². The minimum absolute atomic E-state index is 0.0644. The summed E-state index contributed by atoms with van der Waals surface area (Å²) >= 11 is 0. The number of rotatable bonds is 5. The predicted molar refractivity (Wildman–Crippen MR) is 119 cm³/mol. The van der Waals surface area contributed by atoms with Crippen LogP contribution >= 0.6 is 0 Å². The molecule has 0 atom stereocenters. The molecule has 0 radical (unpaired) electrons. The average Bonchev–Trinajstić information content (AvgIpc) is 3.21. The molecular formula is C25H27NO4. The van der Waals surface area contributed by atoms with Gasteiger partial charge in [-0.1, -0.05) is 12.1 Å². The Balaban J connectivity index is 1.75. The minimum Gasteiger partial charge on any atom is -0.497 e. The molecule has 1 aliphatic rings. The molecule has 2 aromatic carbocycles. The Morgan fingerprint density at radius 3 is 2.60 bits per heavy atom. The van der Waals surface area contributed by atoms with Crippen LogP contribution in [0.15, 0.2) is 53.2 Å². The molecule has 1 fully saturated rings. The lowest BCUT2D eigenvalue weighted by molar-refractivity contribution is -0.126. The first kappa shape index (κ1) is 20.1. The average molecular weight is 405 g/mol. The van der Waals surface area contributed by atoms with E-state index in [1.165, 1.54) is 6.42 Å². The molecule has 5 nitrogen and oxygen atoms in total. The first-order valence-electron chi connectivity index (χ1n) is 10.3. The highest BCUT2D eigenvalue weighted by Gasteiger charge is 2.18. The molecule has 0 bridgehead atoms. The second kappa shape index (κ2) is 8.66. The van der Waals surface area contributed by atoms with Gasteiger partial charge in [-0.3, -0.25) is 4.79 Å². The first-order valence-corrected chi connectivity index (χ1v) is 10.3. The van der Waals surface area contributed by atoms with Crippen LogP contribution in [0.4, 0.5) is 0 Å². The standard InChI is InChI=1S/C25H27NO4/c1-17(12-25(27)26-10-5-4-6-11-26)20-14-21-22(16-30-24(21)15-23(20)29-3)18-8-7-9-19(13-18)28-2/h7-9,12-16H,4-6,10-11H2,1-3H3/b17-12+. The number of fused-ring (bicyclic) bond motifs is 1. The summed E-state index contributed by atoms with van der Waals surface area (Å²) in [5, 5.41) is 0.970. The molecule has 0 spiro atoms. The van der Waals surface area contributed by atoms with E-state index in [1.807, 2.05) is 48.2 Å². The number of likely N-dealkylation sites (tertiary alicyclic amines) is 1. The third-order valence-electron chi connectivity index (χ3n) is 5.71. The van der Waals surface area contributed by atoms with Crippen molar-refractivity contribution in [2.45, 2.75) is 26.2 Å². The third kappa shape index (κ3) is 3.92. The quantitative estimate of drug-likeness (QED) is 0.524. The SMILES string of the molecule is COc1cccc(-c2coc3cc(OC)c(/C(C)=C/C(=O)N4CCCCC4)cc23)c1. The fourth-order valence-corrected chi connectivity index (χ4v) is 4.01. The molecule has 0 saturated carbocycles. The Labute approximate surface area is 176 Å². The maximum atomic E-state index is 12.7. The van der Waals surface area contributed by atoms with E-state index in [0.29, 0.717) is 5.75 Å². The Bertz CT molecular complexity index is 1090. The zero-order chi connectivity index (χ0) is 21.1. The van der Waals surface area contributed by atoms with Crippen molar-refractivity contribution in [2.24, 2.45) is 0 Å². The number of furan rings is 1. The number of hydrogen-bond donors (Lipinski definition) is 0. The summed E-state index contributed by atoms with van der Waals surface area (Å²) < 4.78 is 16.8. The first-order chi connectivity index (χ1) is 14.6. The van der Waals surface area contributed by atoms with Gasteiger partial charge in [-0.2, -0.15) is 0 Å². The third-order valence-corrected chi connectivity index (χ3v) is 5.71. The molecule has 1 amide bonds. The highest BCUT2D eigenvalue weighted by atomic mass is 16.5. The van der Waals surface area contributed by atoms with Crippen LogP contribution in [-0.4, -0.2) is 38.1 Å². The highest BCUT2D eigenvalue weighted by Crippen LogP contribution is 2.38. The highest BCUT2D eigenvalue weighted by molar-refractivity contribution is 6.00. The zero-order valence-electron chi connectivity index (χ0n) is 17.7. The Morgan fingerprint density at radius 1 is 1.07 bits per heavy atom. The number of benzene rings is 2. The summed E-state index contributed by atoms with van der Waals surface area (Å²) in [4.78, 5) is 14.7. The van der Waals surface area contributed by atoms with Gasteiger partial charge in [-0.05, 0) is 55.5 Å². The van der Waals surface area contributed by atoms with Crippen LogP contribution in [0.25, 0.3) is 27.7 Å². The van der Waals surface area contributed by atoms with Gasteiger partial charge >= 0.3 is 0 Å². The fraction of sp³-hybridized carbons (Fsp3) is 0.320. The van der Waals surface area contributed by atoms with Gasteiger partial charge in [0.25, 0.3) is 0 Å². The van der Waals surface area contributed by atoms with Gasteiger partial charge in [0.05, 0.1) is 20.5 Å². The lowest BCUT2D eigenvalue weighted by Crippen LogP contribution is -2.34. The predicted octanol–water partition coefficient (Wildman–Crippen LogP) is 5.53. The molecule has 3 aromatic rings. The van der Waals surface area contributed by atoms with E-state index >= 15 is 0 Å². The van der Waals surface area contributed by atoms with E-state index in [-0.39, 0.29) is 5.91 Å². The summed E-state index contributed by atoms with van der Waals surface area (Å²) in [5.74, 6) is 1.54. The number of amides is 1. The molecule has 4 rings (SSSR count). The van der Waals surface area contributed by atoms with E-state index in [1.54, 1.807) is 26.6 Å². The summed E-state index contributed by atoms with van der Waals surface area (Å²) in [6.07, 6.45) is 6.82. The monoisotopic (exact) mass is 405 g/mol. The van der Waals surface area contributed by atoms with Crippen molar-refractivity contribution < 1.29 is 18.7 Å². The van der Waals surface area contributed by atoms with Gasteiger partial charge in [-0.15, -0.1) is 0 Å². The zero-order valence-corrected chi connectivity index (χ0v) is 17.7. The fourth-order valence-electron chi connectivity index (χ4n) is 4.01. The molecule has 0 N–H and O–H groups in total. The van der Waals surface area contributed by atoms with Crippen molar-refractivity contribution in [2.75, 3.05) is 27.3 Å². The largest absolute Gasteiger partial charge is 0.497 e. The van der Waals surface area contributed by atoms with E-state index in [0.717, 1.165) is 64.9 Å². The summed E-state index contributed by atoms with van der Waals surface area (Å²) in [6, 6.07) is 11.8. The Kier molecular flexibility index (Phi) is 5.79. The number of carbonyl (C=O) groups excluding carboxylic acids is 1. The van der Waals surface area contributed by atoms with Gasteiger partial charge in [0.15, 0.2) is 0 Å². The lowest BCUT2D eigenvalue weighted by Gasteiger charge is -2.25. The van der Waals surface area contributed by atoms with Crippen molar-refractivity contribution in [3.05, 3.63) is 54.3 Å². The van der Waals surface area contributed by atoms with Crippen molar-refractivity contribution in [3.8, 4) is 22.6 Å². The van der Waals surface area contributed by atoms with Crippen LogP contribution in [0.2, 0.25) is 0 Å². The summed E-state index contributed by atoms with van der Waals surface area (Å²) in [7, 11) is 3.29. The maximum absolute atomic E-state index is 12.7. The number of hydrogen-bond acceptors (Lipinski definition) is 4. The second-order valence-electron chi connectivity index (χ2n) is 7.64. The van der Waals surface area contributed by atoms with Gasteiger partial charge in [-0.25, -0.2) is 0 Å². The minimum atomic E-state index is 0.0644. The van der Waals surface area contributed by atoms with E-state index in [4.69, 9.17) is 13.9 Å². The number of nitrogens with zero attached hydrogens (tertiary/aromatic N) is 1. The molecule has 1 aromatic heterocycles. The van der Waals surface area contributed by atoms with Crippen LogP contribution in [0.1, 0.15) is 31.7 Å². The van der Waals surface area contributed by atoms with Crippen molar-refractivity contribution >= 4 is 22.4 Å². The Hall–Kier alpha value is -3.21. The van der Waals surface area contributed by atoms with Gasteiger partial charge in [0.1, 0.15) is 17.1 Å². The van der Waals surface area contributed by atoms with Gasteiger partial charge < -0.3 is 18.8 Å². The van der Waals surface area contributed by atoms with Crippen LogP contribution in [-0.2, 0) is 4.79 Å². The normalized spacial score (nSPS) is 14.8. The molecule has 0 unspecified atom stereocenters. The number of carbonyl (C=O) groups is 1. The number of allylic oxidation sites excluding steroid dienone is 1. The van der Waals surface area contributed by atoms with Gasteiger partial charge in [0.2, 0.25) is 5.91 Å². The van der Waals surface area contributed by atoms with Gasteiger partial charge in [0, 0.05) is 41.7 Å². The lowest BCUT2D eigenvalue weighted by atomic mass is 9.99. The molecule has 2 heterocycles. The molecule has 30 heavy (non-hydrogen) atoms. The Morgan fingerprint density at radius 2 is 1.87 bits per heavy atom. The number of methoxy groups -OCH3 is 2. The molecular weight excluding hydrogens is 378 g/mol. The number of ether oxygens (including phenoxy) is 2. The smallest absolute Gasteiger partial charge is 0.246 e. The second-order valence-corrected chi connectivity index (χ2v) is 7.64. The molecule has 156 valence electrons. The van der Waals surface area contributed by atoms with Crippen molar-refractivity contribution in [1.29, 1.82) is 0 Å². The van der Waals surface area contributed by atoms with Crippen molar-refractivity contribution in [1.82, 2.24) is 4.90 Å². The summed E-state index contributed by atoms with van der Waals surface area (Å²) in [6.45, 7) is 3.62.